The van der Waals surface area contributed by atoms with Gasteiger partial charge in [0.25, 0.3) is 0 Å². The van der Waals surface area contributed by atoms with Gasteiger partial charge in [0.2, 0.25) is 11.8 Å². The average Bonchev–Trinajstić information content (AvgIpc) is 3.79. The van der Waals surface area contributed by atoms with E-state index in [0.717, 1.165) is 34.5 Å². The number of carbonyl (C=O) groups excluding carboxylic acids is 2. The quantitative estimate of drug-likeness (QED) is 0.293. The largest absolute Gasteiger partial charge is 0.376 e. The number of aromatic nitrogens is 7. The Bertz CT molecular complexity index is 1610. The Morgan fingerprint density at radius 3 is 2.83 bits per heavy atom. The normalized spacial score (nSPS) is 15.8. The molecule has 2 atom stereocenters. The van der Waals surface area contributed by atoms with Crippen LogP contribution in [0.2, 0.25) is 0 Å². The van der Waals surface area contributed by atoms with Crippen molar-refractivity contribution in [3.8, 4) is 5.69 Å². The van der Waals surface area contributed by atoms with Crippen LogP contribution < -0.4 is 10.2 Å². The topological polar surface area (TPSA) is 133 Å². The van der Waals surface area contributed by atoms with Gasteiger partial charge in [0, 0.05) is 23.7 Å². The molecule has 13 heteroatoms. The molecule has 0 saturated carbocycles. The van der Waals surface area contributed by atoms with Crippen LogP contribution in [0.25, 0.3) is 16.7 Å². The second-order valence-corrected chi connectivity index (χ2v) is 10.5. The minimum Gasteiger partial charge on any atom is -0.376 e. The molecule has 6 rings (SSSR count). The lowest BCUT2D eigenvalue weighted by atomic mass is 10.1. The average molecular weight is 558 g/mol. The number of hydrogen-bond donors (Lipinski definition) is 1. The number of fused-ring (bicyclic) bond motifs is 1. The Morgan fingerprint density at radius 1 is 1.18 bits per heavy atom. The fourth-order valence-electron chi connectivity index (χ4n) is 4.93. The van der Waals surface area contributed by atoms with Gasteiger partial charge in [-0.25, -0.2) is 9.36 Å². The molecule has 12 nitrogen and oxygen atoms in total. The van der Waals surface area contributed by atoms with Crippen molar-refractivity contribution in [1.82, 2.24) is 40.5 Å². The first kappa shape index (κ1) is 25.8. The van der Waals surface area contributed by atoms with Crippen molar-refractivity contribution < 1.29 is 14.3 Å². The fraction of sp³-hybridized carbons (Fsp3) is 0.296. The van der Waals surface area contributed by atoms with E-state index in [4.69, 9.17) is 4.74 Å². The summed E-state index contributed by atoms with van der Waals surface area (Å²) in [5.41, 5.74) is 3.58. The van der Waals surface area contributed by atoms with Gasteiger partial charge in [-0.1, -0.05) is 23.4 Å². The standard InChI is InChI=1S/C27H27N9O3S/c1-18-14-19(10-11-22(18)35-17-29-31-33-35)36(25(37)16-34-23-8-3-2-7-21(23)30-32-34)26(24-9-5-13-40-24)27(38)28-15-20-6-4-12-39-20/h2-3,5,7-11,13-14,17,20,26H,4,6,12,15-16H2,1H3,(H,28,38)/t20-,26+/m1/s1. The zero-order valence-corrected chi connectivity index (χ0v) is 22.6. The van der Waals surface area contributed by atoms with Crippen LogP contribution in [0.5, 0.6) is 0 Å². The van der Waals surface area contributed by atoms with Gasteiger partial charge < -0.3 is 10.1 Å². The smallest absolute Gasteiger partial charge is 0.249 e. The summed E-state index contributed by atoms with van der Waals surface area (Å²) in [4.78, 5) is 30.3. The Balaban J connectivity index is 1.39. The molecule has 0 spiro atoms. The second-order valence-electron chi connectivity index (χ2n) is 9.52. The lowest BCUT2D eigenvalue weighted by Crippen LogP contribution is -2.46. The van der Waals surface area contributed by atoms with Crippen molar-refractivity contribution >= 4 is 39.9 Å². The zero-order valence-electron chi connectivity index (χ0n) is 21.8. The number of benzene rings is 2. The van der Waals surface area contributed by atoms with Gasteiger partial charge >= 0.3 is 0 Å². The van der Waals surface area contributed by atoms with Crippen LogP contribution in [0.3, 0.4) is 0 Å². The van der Waals surface area contributed by atoms with Crippen LogP contribution >= 0.6 is 11.3 Å². The second kappa shape index (κ2) is 11.3. The minimum atomic E-state index is -0.901. The predicted octanol–water partition coefficient (Wildman–Crippen LogP) is 2.85. The number of anilines is 1. The number of tetrazole rings is 1. The van der Waals surface area contributed by atoms with Crippen molar-refractivity contribution in [2.24, 2.45) is 0 Å². The predicted molar refractivity (Wildman–Crippen MR) is 148 cm³/mol. The lowest BCUT2D eigenvalue weighted by molar-refractivity contribution is -0.127. The number of carbonyl (C=O) groups is 2. The molecular weight excluding hydrogens is 530 g/mol. The van der Waals surface area contributed by atoms with E-state index in [1.807, 2.05) is 60.8 Å². The van der Waals surface area contributed by atoms with E-state index >= 15 is 0 Å². The molecule has 0 unspecified atom stereocenters. The van der Waals surface area contributed by atoms with Crippen molar-refractivity contribution in [3.05, 3.63) is 76.7 Å². The summed E-state index contributed by atoms with van der Waals surface area (Å²) in [6.45, 7) is 2.88. The van der Waals surface area contributed by atoms with E-state index in [9.17, 15) is 9.59 Å². The van der Waals surface area contributed by atoms with Crippen LogP contribution in [0.1, 0.15) is 29.3 Å². The number of thiophene rings is 1. The van der Waals surface area contributed by atoms with Gasteiger partial charge in [-0.15, -0.1) is 21.5 Å². The van der Waals surface area contributed by atoms with Crippen LogP contribution in [-0.2, 0) is 20.9 Å². The van der Waals surface area contributed by atoms with Gasteiger partial charge in [-0.3, -0.25) is 14.5 Å². The van der Waals surface area contributed by atoms with Crippen LogP contribution in [0.4, 0.5) is 5.69 Å². The number of aryl methyl sites for hydroxylation is 1. The molecule has 3 aromatic heterocycles. The monoisotopic (exact) mass is 557 g/mol. The third-order valence-electron chi connectivity index (χ3n) is 6.88. The molecule has 1 aliphatic rings. The highest BCUT2D eigenvalue weighted by Crippen LogP contribution is 2.33. The van der Waals surface area contributed by atoms with E-state index in [-0.39, 0.29) is 24.5 Å². The number of rotatable bonds is 9. The zero-order chi connectivity index (χ0) is 27.5. The Labute approximate surface area is 233 Å². The maximum absolute atomic E-state index is 14.2. The van der Waals surface area contributed by atoms with Crippen LogP contribution in [0, 0.1) is 6.92 Å². The number of hydrogen-bond acceptors (Lipinski definition) is 9. The van der Waals surface area contributed by atoms with Gasteiger partial charge in [0.05, 0.1) is 17.3 Å². The summed E-state index contributed by atoms with van der Waals surface area (Å²) in [7, 11) is 0. The van der Waals surface area contributed by atoms with E-state index in [0.29, 0.717) is 24.4 Å². The van der Waals surface area contributed by atoms with E-state index < -0.39 is 6.04 Å². The van der Waals surface area contributed by atoms with Gasteiger partial charge in [-0.05, 0) is 77.5 Å². The fourth-order valence-corrected chi connectivity index (χ4v) is 5.74. The first-order chi connectivity index (χ1) is 19.6. The number of para-hydroxylation sites is 1. The summed E-state index contributed by atoms with van der Waals surface area (Å²) in [6, 6.07) is 15.8. The molecule has 1 aliphatic heterocycles. The summed E-state index contributed by atoms with van der Waals surface area (Å²) >= 11 is 1.42. The van der Waals surface area contributed by atoms with Crippen molar-refractivity contribution in [1.29, 1.82) is 0 Å². The molecule has 1 saturated heterocycles. The minimum absolute atomic E-state index is 0.0311. The van der Waals surface area contributed by atoms with E-state index in [1.165, 1.54) is 17.7 Å². The molecule has 0 bridgehead atoms. The van der Waals surface area contributed by atoms with Crippen molar-refractivity contribution in [3.63, 3.8) is 0 Å². The molecular formula is C27H27N9O3S. The highest BCUT2D eigenvalue weighted by molar-refractivity contribution is 7.10. The third kappa shape index (κ3) is 5.20. The number of nitrogens with zero attached hydrogens (tertiary/aromatic N) is 8. The molecule has 1 fully saturated rings. The number of amides is 2. The molecule has 40 heavy (non-hydrogen) atoms. The van der Waals surface area contributed by atoms with Crippen molar-refractivity contribution in [2.75, 3.05) is 18.1 Å². The highest BCUT2D eigenvalue weighted by atomic mass is 32.1. The first-order valence-corrected chi connectivity index (χ1v) is 13.8. The summed E-state index contributed by atoms with van der Waals surface area (Å²) < 4.78 is 8.82. The van der Waals surface area contributed by atoms with Gasteiger partial charge in [0.1, 0.15) is 24.4 Å². The first-order valence-electron chi connectivity index (χ1n) is 13.0. The molecule has 5 aromatic rings. The number of nitrogens with one attached hydrogen (secondary N) is 1. The molecule has 2 amide bonds. The van der Waals surface area contributed by atoms with Crippen LogP contribution in [-0.4, -0.2) is 66.3 Å². The molecule has 0 aliphatic carbocycles. The molecule has 4 heterocycles. The molecule has 2 aromatic carbocycles. The summed E-state index contributed by atoms with van der Waals surface area (Å²) in [5.74, 6) is -0.590. The number of ether oxygens (including phenoxy) is 1. The third-order valence-corrected chi connectivity index (χ3v) is 7.80. The van der Waals surface area contributed by atoms with Crippen LogP contribution in [0.15, 0.2) is 66.3 Å². The van der Waals surface area contributed by atoms with Gasteiger partial charge in [-0.2, -0.15) is 0 Å². The molecule has 0 radical (unpaired) electrons. The molecule has 204 valence electrons. The van der Waals surface area contributed by atoms with E-state index in [1.54, 1.807) is 20.3 Å². The van der Waals surface area contributed by atoms with Crippen molar-refractivity contribution in [2.45, 2.75) is 38.5 Å². The Kier molecular flexibility index (Phi) is 7.29. The summed E-state index contributed by atoms with van der Waals surface area (Å²) in [6.07, 6.45) is 3.34. The lowest BCUT2D eigenvalue weighted by Gasteiger charge is -2.31. The molecule has 1 N–H and O–H groups in total. The van der Waals surface area contributed by atoms with Gasteiger partial charge in [0.15, 0.2) is 0 Å². The Hall–Kier alpha value is -4.49. The highest BCUT2D eigenvalue weighted by Gasteiger charge is 2.35. The summed E-state index contributed by atoms with van der Waals surface area (Å²) in [5, 5.41) is 24.8. The maximum atomic E-state index is 14.2. The Morgan fingerprint density at radius 2 is 2.08 bits per heavy atom. The maximum Gasteiger partial charge on any atom is 0.249 e. The SMILES string of the molecule is Cc1cc(N(C(=O)Cn2nnc3ccccc32)[C@H](C(=O)NC[C@H]2CCCO2)c2cccs2)ccc1-n1cnnn1. The van der Waals surface area contributed by atoms with E-state index in [2.05, 4.69) is 31.2 Å².